The quantitative estimate of drug-likeness (QED) is 0.561. The van der Waals surface area contributed by atoms with Gasteiger partial charge < -0.3 is 10.6 Å². The van der Waals surface area contributed by atoms with Crippen molar-refractivity contribution in [1.82, 2.24) is 30.8 Å². The van der Waals surface area contributed by atoms with Crippen LogP contribution in [-0.4, -0.2) is 26.2 Å². The standard InChI is InChI=1S/C20H17FN6O/c21-16-8-4-9-17(11-16)27-19(24-25-26-27)13-23-20(28)22-12-15-7-3-6-14-5-1-2-10-18(14)15/h1-11H,12-13H2,(H2,22,23,28). The zero-order chi connectivity index (χ0) is 19.3. The Bertz CT molecular complexity index is 1120. The molecule has 4 rings (SSSR count). The zero-order valence-corrected chi connectivity index (χ0v) is 14.8. The minimum absolute atomic E-state index is 0.102. The van der Waals surface area contributed by atoms with Crippen molar-refractivity contribution in [3.05, 3.63) is 83.9 Å². The maximum Gasteiger partial charge on any atom is 0.315 e. The number of hydrogen-bond acceptors (Lipinski definition) is 4. The van der Waals surface area contributed by atoms with E-state index in [9.17, 15) is 9.18 Å². The van der Waals surface area contributed by atoms with Crippen molar-refractivity contribution in [3.8, 4) is 5.69 Å². The summed E-state index contributed by atoms with van der Waals surface area (Å²) in [6.07, 6.45) is 0. The lowest BCUT2D eigenvalue weighted by Crippen LogP contribution is -2.35. The number of nitrogens with one attached hydrogen (secondary N) is 2. The molecule has 0 aliphatic carbocycles. The van der Waals surface area contributed by atoms with Crippen molar-refractivity contribution >= 4 is 16.8 Å². The second kappa shape index (κ2) is 7.83. The molecule has 0 saturated heterocycles. The third-order valence-corrected chi connectivity index (χ3v) is 4.31. The molecule has 2 N–H and O–H groups in total. The Morgan fingerprint density at radius 3 is 2.64 bits per heavy atom. The van der Waals surface area contributed by atoms with Gasteiger partial charge in [-0.2, -0.15) is 4.68 Å². The van der Waals surface area contributed by atoms with Crippen LogP contribution in [0.15, 0.2) is 66.7 Å². The van der Waals surface area contributed by atoms with Gasteiger partial charge in [-0.15, -0.1) is 5.10 Å². The first-order chi connectivity index (χ1) is 13.7. The fourth-order valence-corrected chi connectivity index (χ4v) is 2.97. The fraction of sp³-hybridized carbons (Fsp3) is 0.100. The van der Waals surface area contributed by atoms with Crippen molar-refractivity contribution in [1.29, 1.82) is 0 Å². The van der Waals surface area contributed by atoms with E-state index in [-0.39, 0.29) is 18.4 Å². The topological polar surface area (TPSA) is 84.7 Å². The average Bonchev–Trinajstić information content (AvgIpc) is 3.19. The summed E-state index contributed by atoms with van der Waals surface area (Å²) in [4.78, 5) is 12.2. The molecule has 0 bridgehead atoms. The smallest absolute Gasteiger partial charge is 0.315 e. The van der Waals surface area contributed by atoms with Crippen LogP contribution in [0.4, 0.5) is 9.18 Å². The summed E-state index contributed by atoms with van der Waals surface area (Å²) in [5.74, 6) is 0.00523. The van der Waals surface area contributed by atoms with Gasteiger partial charge in [-0.1, -0.05) is 48.5 Å². The van der Waals surface area contributed by atoms with Crippen LogP contribution in [0.1, 0.15) is 11.4 Å². The molecule has 4 aromatic rings. The molecule has 3 aromatic carbocycles. The molecule has 0 radical (unpaired) electrons. The van der Waals surface area contributed by atoms with Crippen LogP contribution in [0.5, 0.6) is 0 Å². The lowest BCUT2D eigenvalue weighted by Gasteiger charge is -2.10. The number of nitrogens with zero attached hydrogens (tertiary/aromatic N) is 4. The molecule has 140 valence electrons. The van der Waals surface area contributed by atoms with E-state index in [1.54, 1.807) is 12.1 Å². The number of rotatable bonds is 5. The molecule has 0 aliphatic rings. The molecule has 28 heavy (non-hydrogen) atoms. The van der Waals surface area contributed by atoms with E-state index in [0.29, 0.717) is 18.1 Å². The molecule has 0 spiro atoms. The lowest BCUT2D eigenvalue weighted by atomic mass is 10.0. The highest BCUT2D eigenvalue weighted by atomic mass is 19.1. The van der Waals surface area contributed by atoms with Gasteiger partial charge in [-0.25, -0.2) is 9.18 Å². The second-order valence-electron chi connectivity index (χ2n) is 6.16. The van der Waals surface area contributed by atoms with Crippen LogP contribution in [0, 0.1) is 5.82 Å². The van der Waals surface area contributed by atoms with Gasteiger partial charge in [0.1, 0.15) is 5.82 Å². The van der Waals surface area contributed by atoms with E-state index < -0.39 is 0 Å². The van der Waals surface area contributed by atoms with Gasteiger partial charge in [0.15, 0.2) is 5.82 Å². The van der Waals surface area contributed by atoms with Gasteiger partial charge in [0.2, 0.25) is 0 Å². The third-order valence-electron chi connectivity index (χ3n) is 4.31. The normalized spacial score (nSPS) is 10.8. The molecule has 0 saturated carbocycles. The Kier molecular flexibility index (Phi) is 4.92. The monoisotopic (exact) mass is 376 g/mol. The van der Waals surface area contributed by atoms with Crippen LogP contribution in [0.25, 0.3) is 16.5 Å². The third kappa shape index (κ3) is 3.80. The number of aromatic nitrogens is 4. The molecule has 0 fully saturated rings. The lowest BCUT2D eigenvalue weighted by molar-refractivity contribution is 0.240. The number of benzene rings is 3. The predicted octanol–water partition coefficient (Wildman–Crippen LogP) is 2.95. The molecule has 2 amide bonds. The van der Waals surface area contributed by atoms with Crippen LogP contribution in [0.2, 0.25) is 0 Å². The van der Waals surface area contributed by atoms with Crippen LogP contribution in [-0.2, 0) is 13.1 Å². The number of hydrogen-bond donors (Lipinski definition) is 2. The van der Waals surface area contributed by atoms with Crippen molar-refractivity contribution < 1.29 is 9.18 Å². The number of urea groups is 1. The number of carbonyl (C=O) groups is 1. The summed E-state index contributed by atoms with van der Waals surface area (Å²) in [5.41, 5.74) is 1.51. The molecule has 0 atom stereocenters. The molecule has 1 aromatic heterocycles. The van der Waals surface area contributed by atoms with Gasteiger partial charge >= 0.3 is 6.03 Å². The minimum atomic E-state index is -0.389. The Labute approximate surface area is 160 Å². The summed E-state index contributed by atoms with van der Waals surface area (Å²) in [5, 5.41) is 19.1. The van der Waals surface area contributed by atoms with Crippen molar-refractivity contribution in [2.45, 2.75) is 13.1 Å². The summed E-state index contributed by atoms with van der Waals surface area (Å²) < 4.78 is 14.8. The van der Waals surface area contributed by atoms with Gasteiger partial charge in [0.05, 0.1) is 12.2 Å². The number of halogens is 1. The number of carbonyl (C=O) groups excluding carboxylic acids is 1. The highest BCUT2D eigenvalue weighted by Crippen LogP contribution is 2.18. The Balaban J connectivity index is 1.39. The highest BCUT2D eigenvalue weighted by molar-refractivity contribution is 5.86. The number of tetrazole rings is 1. The molecule has 1 heterocycles. The summed E-state index contributed by atoms with van der Waals surface area (Å²) in [6, 6.07) is 19.6. The van der Waals surface area contributed by atoms with Crippen molar-refractivity contribution in [3.63, 3.8) is 0 Å². The zero-order valence-electron chi connectivity index (χ0n) is 14.8. The number of fused-ring (bicyclic) bond motifs is 1. The maximum absolute atomic E-state index is 13.4. The first-order valence-electron chi connectivity index (χ1n) is 8.72. The van der Waals surface area contributed by atoms with E-state index in [0.717, 1.165) is 16.3 Å². The predicted molar refractivity (Wildman–Crippen MR) is 102 cm³/mol. The molecule has 0 aliphatic heterocycles. The first kappa shape index (κ1) is 17.6. The van der Waals surface area contributed by atoms with Gasteiger partial charge in [-0.05, 0) is 45.0 Å². The van der Waals surface area contributed by atoms with Crippen LogP contribution in [0.3, 0.4) is 0 Å². The van der Waals surface area contributed by atoms with Gasteiger partial charge in [0.25, 0.3) is 0 Å². The maximum atomic E-state index is 13.4. The average molecular weight is 376 g/mol. The molecule has 8 heteroatoms. The fourth-order valence-electron chi connectivity index (χ4n) is 2.97. The number of amides is 2. The minimum Gasteiger partial charge on any atom is -0.334 e. The van der Waals surface area contributed by atoms with Crippen molar-refractivity contribution in [2.24, 2.45) is 0 Å². The van der Waals surface area contributed by atoms with E-state index in [4.69, 9.17) is 0 Å². The van der Waals surface area contributed by atoms with E-state index in [1.165, 1.54) is 16.8 Å². The Morgan fingerprint density at radius 1 is 0.964 bits per heavy atom. The van der Waals surface area contributed by atoms with Gasteiger partial charge in [0, 0.05) is 6.54 Å². The molecular formula is C20H17FN6O. The second-order valence-corrected chi connectivity index (χ2v) is 6.16. The SMILES string of the molecule is O=C(NCc1cccc2ccccc12)NCc1nnnn1-c1cccc(F)c1. The van der Waals surface area contributed by atoms with Gasteiger partial charge in [-0.3, -0.25) is 0 Å². The van der Waals surface area contributed by atoms with Crippen LogP contribution >= 0.6 is 0 Å². The van der Waals surface area contributed by atoms with E-state index in [2.05, 4.69) is 26.2 Å². The Hall–Kier alpha value is -3.81. The van der Waals surface area contributed by atoms with Crippen molar-refractivity contribution in [2.75, 3.05) is 0 Å². The molecule has 0 unspecified atom stereocenters. The largest absolute Gasteiger partial charge is 0.334 e. The molecular weight excluding hydrogens is 359 g/mol. The summed E-state index contributed by atoms with van der Waals surface area (Å²) in [6.45, 7) is 0.493. The van der Waals surface area contributed by atoms with E-state index >= 15 is 0 Å². The summed E-state index contributed by atoms with van der Waals surface area (Å²) in [7, 11) is 0. The summed E-state index contributed by atoms with van der Waals surface area (Å²) >= 11 is 0. The van der Waals surface area contributed by atoms with Crippen LogP contribution < -0.4 is 10.6 Å². The highest BCUT2D eigenvalue weighted by Gasteiger charge is 2.10. The van der Waals surface area contributed by atoms with E-state index in [1.807, 2.05) is 42.5 Å². The Morgan fingerprint density at radius 2 is 1.75 bits per heavy atom. The first-order valence-corrected chi connectivity index (χ1v) is 8.72. The molecule has 7 nitrogen and oxygen atoms in total.